The lowest BCUT2D eigenvalue weighted by molar-refractivity contribution is -0.142. The van der Waals surface area contributed by atoms with Crippen LogP contribution in [0.2, 0.25) is 0 Å². The third kappa shape index (κ3) is 5.64. The molecule has 0 aliphatic carbocycles. The standard InChI is InChI=1S/C15H20F3N5O/c1-11(5-6-13-4-3-7-22(13)2)20-14(24)21-12-8-19-23(9-12)10-15(16,17)18/h3-4,7-9,11H,5-6,10H2,1-2H3,(H2,20,21,24)/t11-/m1/s1. The Balaban J connectivity index is 1.77. The fraction of sp³-hybridized carbons (Fsp3) is 0.467. The van der Waals surface area contributed by atoms with Crippen LogP contribution in [0.25, 0.3) is 0 Å². The summed E-state index contributed by atoms with van der Waals surface area (Å²) in [5.74, 6) is 0. The second-order valence-electron chi connectivity index (χ2n) is 5.69. The van der Waals surface area contributed by atoms with E-state index in [1.54, 1.807) is 0 Å². The molecule has 0 fully saturated rings. The lowest BCUT2D eigenvalue weighted by atomic mass is 10.1. The van der Waals surface area contributed by atoms with Crippen molar-refractivity contribution < 1.29 is 18.0 Å². The minimum absolute atomic E-state index is 0.0786. The molecule has 0 spiro atoms. The highest BCUT2D eigenvalue weighted by molar-refractivity contribution is 5.89. The Kier molecular flexibility index (Phi) is 5.53. The van der Waals surface area contributed by atoms with Gasteiger partial charge in [0.2, 0.25) is 0 Å². The average Bonchev–Trinajstić information content (AvgIpc) is 3.04. The molecule has 9 heteroatoms. The van der Waals surface area contributed by atoms with Crippen LogP contribution in [-0.2, 0) is 20.0 Å². The van der Waals surface area contributed by atoms with E-state index in [1.807, 2.05) is 36.9 Å². The largest absolute Gasteiger partial charge is 0.408 e. The van der Waals surface area contributed by atoms with Gasteiger partial charge in [0, 0.05) is 31.2 Å². The van der Waals surface area contributed by atoms with Crippen molar-refractivity contribution >= 4 is 11.7 Å². The number of anilines is 1. The molecule has 6 nitrogen and oxygen atoms in total. The van der Waals surface area contributed by atoms with Gasteiger partial charge in [0.25, 0.3) is 0 Å². The number of carbonyl (C=O) groups excluding carboxylic acids is 1. The Bertz CT molecular complexity index is 677. The van der Waals surface area contributed by atoms with Gasteiger partial charge in [-0.2, -0.15) is 18.3 Å². The van der Waals surface area contributed by atoms with Crippen LogP contribution in [0.5, 0.6) is 0 Å². The maximum atomic E-state index is 12.3. The van der Waals surface area contributed by atoms with E-state index in [4.69, 9.17) is 0 Å². The Morgan fingerprint density at radius 3 is 2.79 bits per heavy atom. The molecule has 2 aromatic rings. The van der Waals surface area contributed by atoms with Gasteiger partial charge in [-0.1, -0.05) is 0 Å². The monoisotopic (exact) mass is 343 g/mol. The van der Waals surface area contributed by atoms with Crippen molar-refractivity contribution in [3.8, 4) is 0 Å². The Morgan fingerprint density at radius 1 is 1.42 bits per heavy atom. The van der Waals surface area contributed by atoms with Crippen molar-refractivity contribution in [2.24, 2.45) is 7.05 Å². The lowest BCUT2D eigenvalue weighted by Crippen LogP contribution is -2.36. The minimum atomic E-state index is -4.35. The van der Waals surface area contributed by atoms with Gasteiger partial charge >= 0.3 is 12.2 Å². The molecule has 2 amide bonds. The molecular weight excluding hydrogens is 323 g/mol. The molecule has 0 aliphatic heterocycles. The smallest absolute Gasteiger partial charge is 0.354 e. The number of carbonyl (C=O) groups is 1. The summed E-state index contributed by atoms with van der Waals surface area (Å²) in [4.78, 5) is 11.9. The van der Waals surface area contributed by atoms with Crippen LogP contribution in [0, 0.1) is 0 Å². The number of aryl methyl sites for hydroxylation is 2. The van der Waals surface area contributed by atoms with Crippen LogP contribution in [-0.4, -0.2) is 32.6 Å². The molecule has 0 aliphatic rings. The zero-order valence-electron chi connectivity index (χ0n) is 13.5. The van der Waals surface area contributed by atoms with Crippen LogP contribution in [0.1, 0.15) is 19.0 Å². The minimum Gasteiger partial charge on any atom is -0.354 e. The number of hydrogen-bond acceptors (Lipinski definition) is 2. The summed E-state index contributed by atoms with van der Waals surface area (Å²) in [6.07, 6.45) is 1.49. The van der Waals surface area contributed by atoms with Crippen LogP contribution < -0.4 is 10.6 Å². The van der Waals surface area contributed by atoms with Gasteiger partial charge in [-0.3, -0.25) is 4.68 Å². The first-order chi connectivity index (χ1) is 11.2. The van der Waals surface area contributed by atoms with Crippen molar-refractivity contribution in [2.45, 2.75) is 38.5 Å². The van der Waals surface area contributed by atoms with E-state index in [1.165, 1.54) is 6.20 Å². The van der Waals surface area contributed by atoms with E-state index < -0.39 is 18.8 Å². The highest BCUT2D eigenvalue weighted by atomic mass is 19.4. The molecule has 2 aromatic heterocycles. The molecule has 132 valence electrons. The van der Waals surface area contributed by atoms with Gasteiger partial charge in [-0.15, -0.1) is 0 Å². The summed E-state index contributed by atoms with van der Waals surface area (Å²) in [6.45, 7) is 0.680. The zero-order valence-corrected chi connectivity index (χ0v) is 13.5. The molecule has 2 rings (SSSR count). The topological polar surface area (TPSA) is 63.9 Å². The van der Waals surface area contributed by atoms with Crippen molar-refractivity contribution in [1.29, 1.82) is 0 Å². The molecule has 0 saturated heterocycles. The normalized spacial score (nSPS) is 12.9. The number of hydrogen-bond donors (Lipinski definition) is 2. The highest BCUT2D eigenvalue weighted by Gasteiger charge is 2.28. The van der Waals surface area contributed by atoms with E-state index in [9.17, 15) is 18.0 Å². The van der Waals surface area contributed by atoms with Crippen LogP contribution in [0.4, 0.5) is 23.7 Å². The third-order valence-electron chi connectivity index (χ3n) is 3.49. The first-order valence-electron chi connectivity index (χ1n) is 7.50. The number of alkyl halides is 3. The van der Waals surface area contributed by atoms with Gasteiger partial charge in [-0.25, -0.2) is 4.79 Å². The molecule has 2 heterocycles. The molecule has 0 aromatic carbocycles. The van der Waals surface area contributed by atoms with E-state index in [-0.39, 0.29) is 11.7 Å². The van der Waals surface area contributed by atoms with Gasteiger partial charge in [0.05, 0.1) is 11.9 Å². The van der Waals surface area contributed by atoms with Crippen molar-refractivity contribution in [2.75, 3.05) is 5.32 Å². The molecule has 24 heavy (non-hydrogen) atoms. The van der Waals surface area contributed by atoms with Crippen LogP contribution in [0.3, 0.4) is 0 Å². The SMILES string of the molecule is C[C@H](CCc1cccn1C)NC(=O)Nc1cnn(CC(F)(F)F)c1. The number of rotatable bonds is 6. The third-order valence-corrected chi connectivity index (χ3v) is 3.49. The number of nitrogens with one attached hydrogen (secondary N) is 2. The summed E-state index contributed by atoms with van der Waals surface area (Å²) < 4.78 is 39.5. The Hall–Kier alpha value is -2.45. The van der Waals surface area contributed by atoms with Gasteiger partial charge in [0.15, 0.2) is 0 Å². The van der Waals surface area contributed by atoms with E-state index in [0.29, 0.717) is 0 Å². The number of halogens is 3. The van der Waals surface area contributed by atoms with Crippen LogP contribution in [0.15, 0.2) is 30.7 Å². The summed E-state index contributed by atoms with van der Waals surface area (Å²) >= 11 is 0. The summed E-state index contributed by atoms with van der Waals surface area (Å²) in [5.41, 5.74) is 1.38. The molecular formula is C15H20F3N5O. The number of nitrogens with zero attached hydrogens (tertiary/aromatic N) is 3. The van der Waals surface area contributed by atoms with E-state index in [0.717, 1.165) is 29.4 Å². The number of aromatic nitrogens is 3. The van der Waals surface area contributed by atoms with E-state index >= 15 is 0 Å². The van der Waals surface area contributed by atoms with Gasteiger partial charge in [0.1, 0.15) is 6.54 Å². The van der Waals surface area contributed by atoms with Gasteiger partial charge < -0.3 is 15.2 Å². The Labute approximate surface area is 137 Å². The highest BCUT2D eigenvalue weighted by Crippen LogP contribution is 2.18. The Morgan fingerprint density at radius 2 is 2.17 bits per heavy atom. The fourth-order valence-electron chi connectivity index (χ4n) is 2.28. The molecule has 0 saturated carbocycles. The second kappa shape index (κ2) is 7.41. The number of amides is 2. The predicted octanol–water partition coefficient (Wildman–Crippen LogP) is 2.93. The molecule has 2 N–H and O–H groups in total. The summed E-state index contributed by atoms with van der Waals surface area (Å²) in [6, 6.07) is 3.42. The molecule has 0 radical (unpaired) electrons. The maximum absolute atomic E-state index is 12.3. The first kappa shape index (κ1) is 17.9. The summed E-state index contributed by atoms with van der Waals surface area (Å²) in [5, 5.41) is 8.79. The number of urea groups is 1. The molecule has 0 bridgehead atoms. The molecule has 0 unspecified atom stereocenters. The first-order valence-corrected chi connectivity index (χ1v) is 7.50. The quantitative estimate of drug-likeness (QED) is 0.847. The summed E-state index contributed by atoms with van der Waals surface area (Å²) in [7, 11) is 1.96. The maximum Gasteiger partial charge on any atom is 0.408 e. The van der Waals surface area contributed by atoms with Crippen molar-refractivity contribution in [3.05, 3.63) is 36.4 Å². The zero-order chi connectivity index (χ0) is 17.7. The lowest BCUT2D eigenvalue weighted by Gasteiger charge is -2.14. The average molecular weight is 343 g/mol. The van der Waals surface area contributed by atoms with Crippen LogP contribution >= 0.6 is 0 Å². The second-order valence-corrected chi connectivity index (χ2v) is 5.69. The molecule has 1 atom stereocenters. The fourth-order valence-corrected chi connectivity index (χ4v) is 2.28. The predicted molar refractivity (Wildman–Crippen MR) is 83.6 cm³/mol. The van der Waals surface area contributed by atoms with Gasteiger partial charge in [-0.05, 0) is 31.9 Å². The van der Waals surface area contributed by atoms with E-state index in [2.05, 4.69) is 15.7 Å². The van der Waals surface area contributed by atoms with Crippen molar-refractivity contribution in [1.82, 2.24) is 19.7 Å². The van der Waals surface area contributed by atoms with Crippen molar-refractivity contribution in [3.63, 3.8) is 0 Å².